The zero-order valence-corrected chi connectivity index (χ0v) is 16.8. The maximum Gasteiger partial charge on any atom is 0.412 e. The van der Waals surface area contributed by atoms with Crippen LogP contribution in [0.5, 0.6) is 0 Å². The number of rotatable bonds is 8. The minimum absolute atomic E-state index is 0.213. The molecule has 1 saturated heterocycles. The second kappa shape index (κ2) is 9.21. The first kappa shape index (κ1) is 22.2. The summed E-state index contributed by atoms with van der Waals surface area (Å²) in [6.45, 7) is 17.0. The van der Waals surface area contributed by atoms with Gasteiger partial charge in [0.2, 0.25) is 0 Å². The fraction of sp³-hybridized carbons (Fsp3) is 0.700. The third-order valence-corrected chi connectivity index (χ3v) is 4.07. The van der Waals surface area contributed by atoms with Crippen LogP contribution in [0.3, 0.4) is 0 Å². The molecule has 0 saturated carbocycles. The van der Waals surface area contributed by atoms with Gasteiger partial charge >= 0.3 is 6.09 Å². The Balaban J connectivity index is 2.86. The molecule has 1 rings (SSSR count). The van der Waals surface area contributed by atoms with Crippen LogP contribution in [0, 0.1) is 0 Å². The normalized spacial score (nSPS) is 22.0. The molecule has 0 spiro atoms. The molecule has 0 aromatic rings. The van der Waals surface area contributed by atoms with E-state index >= 15 is 0 Å². The smallest absolute Gasteiger partial charge is 0.412 e. The van der Waals surface area contributed by atoms with Gasteiger partial charge in [-0.05, 0) is 60.3 Å². The van der Waals surface area contributed by atoms with Crippen molar-refractivity contribution >= 4 is 12.0 Å². The maximum atomic E-state index is 12.7. The van der Waals surface area contributed by atoms with E-state index in [0.717, 1.165) is 19.3 Å². The number of carbonyl (C=O) groups excluding carboxylic acids is 2. The summed E-state index contributed by atoms with van der Waals surface area (Å²) in [5.74, 6) is -0.213. The summed E-state index contributed by atoms with van der Waals surface area (Å²) in [4.78, 5) is 26.9. The standard InChI is InChI=1S/C20H34N2O4/c1-8-10-11-12-14-21-17(23)16-15(13-9-2)22(20(6,7)25-16)18(24)26-19(3,4)5/h8-9,15-16H,1-2,10-14H2,3-7H3,(H,21,23)/t15-,16?/m0/s1. The van der Waals surface area contributed by atoms with E-state index < -0.39 is 29.6 Å². The van der Waals surface area contributed by atoms with E-state index in [0.29, 0.717) is 13.0 Å². The second-order valence-electron chi connectivity index (χ2n) is 8.00. The highest BCUT2D eigenvalue weighted by atomic mass is 16.6. The zero-order chi connectivity index (χ0) is 20.0. The molecule has 2 amide bonds. The molecule has 0 radical (unpaired) electrons. The number of amides is 2. The van der Waals surface area contributed by atoms with Gasteiger partial charge in [0.1, 0.15) is 11.3 Å². The highest BCUT2D eigenvalue weighted by molar-refractivity contribution is 5.83. The minimum Gasteiger partial charge on any atom is -0.444 e. The van der Waals surface area contributed by atoms with Crippen molar-refractivity contribution in [1.82, 2.24) is 10.2 Å². The Morgan fingerprint density at radius 2 is 1.88 bits per heavy atom. The minimum atomic E-state index is -0.944. The molecule has 148 valence electrons. The van der Waals surface area contributed by atoms with E-state index in [1.807, 2.05) is 26.8 Å². The number of allylic oxidation sites excluding steroid dienone is 1. The van der Waals surface area contributed by atoms with Crippen molar-refractivity contribution in [3.63, 3.8) is 0 Å². The van der Waals surface area contributed by atoms with Gasteiger partial charge in [0.15, 0.2) is 6.10 Å². The van der Waals surface area contributed by atoms with Gasteiger partial charge < -0.3 is 14.8 Å². The quantitative estimate of drug-likeness (QED) is 0.524. The Bertz CT molecular complexity index is 522. The summed E-state index contributed by atoms with van der Waals surface area (Å²) < 4.78 is 11.5. The van der Waals surface area contributed by atoms with Gasteiger partial charge in [0.05, 0.1) is 6.04 Å². The third kappa shape index (κ3) is 6.16. The van der Waals surface area contributed by atoms with Crippen LogP contribution in [-0.2, 0) is 14.3 Å². The van der Waals surface area contributed by atoms with Crippen molar-refractivity contribution in [3.05, 3.63) is 25.3 Å². The summed E-state index contributed by atoms with van der Waals surface area (Å²) in [6, 6.07) is -0.453. The van der Waals surface area contributed by atoms with Crippen LogP contribution in [0.1, 0.15) is 60.3 Å². The molecule has 6 nitrogen and oxygen atoms in total. The summed E-state index contributed by atoms with van der Waals surface area (Å²) in [7, 11) is 0. The molecule has 0 aromatic heterocycles. The summed E-state index contributed by atoms with van der Waals surface area (Å²) >= 11 is 0. The lowest BCUT2D eigenvalue weighted by Gasteiger charge is -2.34. The topological polar surface area (TPSA) is 67.9 Å². The number of unbranched alkanes of at least 4 members (excludes halogenated alkanes) is 2. The Labute approximate surface area is 157 Å². The predicted octanol–water partition coefficient (Wildman–Crippen LogP) is 3.78. The van der Waals surface area contributed by atoms with E-state index in [1.54, 1.807) is 19.9 Å². The lowest BCUT2D eigenvalue weighted by molar-refractivity contribution is -0.138. The van der Waals surface area contributed by atoms with Crippen LogP contribution in [0.4, 0.5) is 4.79 Å². The Kier molecular flexibility index (Phi) is 7.87. The van der Waals surface area contributed by atoms with Gasteiger partial charge in [-0.2, -0.15) is 0 Å². The average molecular weight is 367 g/mol. The number of carbonyl (C=O) groups is 2. The largest absolute Gasteiger partial charge is 0.444 e. The Morgan fingerprint density at radius 3 is 2.42 bits per heavy atom. The van der Waals surface area contributed by atoms with Crippen LogP contribution in [0.15, 0.2) is 25.3 Å². The first-order valence-electron chi connectivity index (χ1n) is 9.23. The monoisotopic (exact) mass is 366 g/mol. The maximum absolute atomic E-state index is 12.7. The van der Waals surface area contributed by atoms with Gasteiger partial charge in [0, 0.05) is 6.54 Å². The van der Waals surface area contributed by atoms with E-state index in [2.05, 4.69) is 18.5 Å². The number of hydrogen-bond acceptors (Lipinski definition) is 4. The molecular formula is C20H34N2O4. The Morgan fingerprint density at radius 1 is 1.23 bits per heavy atom. The second-order valence-corrected chi connectivity index (χ2v) is 8.00. The zero-order valence-electron chi connectivity index (χ0n) is 16.8. The van der Waals surface area contributed by atoms with Crippen molar-refractivity contribution in [2.24, 2.45) is 0 Å². The first-order valence-corrected chi connectivity index (χ1v) is 9.23. The lowest BCUT2D eigenvalue weighted by Crippen LogP contribution is -2.51. The predicted molar refractivity (Wildman–Crippen MR) is 103 cm³/mol. The molecule has 6 heteroatoms. The van der Waals surface area contributed by atoms with Gasteiger partial charge in [0.25, 0.3) is 5.91 Å². The fourth-order valence-corrected chi connectivity index (χ4v) is 3.00. The Hall–Kier alpha value is -1.82. The van der Waals surface area contributed by atoms with Crippen LogP contribution >= 0.6 is 0 Å². The molecule has 0 bridgehead atoms. The number of hydrogen-bond donors (Lipinski definition) is 1. The SMILES string of the molecule is C=CCCCCNC(=O)C1OC(C)(C)N(C(=O)OC(C)(C)C)[C@H]1CC=C. The molecule has 1 unspecified atom stereocenters. The van der Waals surface area contributed by atoms with Crippen molar-refractivity contribution < 1.29 is 19.1 Å². The molecule has 0 aliphatic carbocycles. The number of ether oxygens (including phenoxy) is 2. The molecule has 1 heterocycles. The molecule has 1 N–H and O–H groups in total. The number of nitrogens with zero attached hydrogens (tertiary/aromatic N) is 1. The van der Waals surface area contributed by atoms with Gasteiger partial charge in [-0.3, -0.25) is 9.69 Å². The molecule has 1 aliphatic heterocycles. The van der Waals surface area contributed by atoms with Crippen molar-refractivity contribution in [3.8, 4) is 0 Å². The molecule has 1 aliphatic rings. The van der Waals surface area contributed by atoms with Crippen LogP contribution in [-0.4, -0.2) is 46.9 Å². The number of nitrogens with one attached hydrogen (secondary N) is 1. The summed E-state index contributed by atoms with van der Waals surface area (Å²) in [6.07, 6.45) is 5.52. The summed E-state index contributed by atoms with van der Waals surface area (Å²) in [5.41, 5.74) is -1.57. The molecule has 26 heavy (non-hydrogen) atoms. The van der Waals surface area contributed by atoms with Crippen LogP contribution < -0.4 is 5.32 Å². The van der Waals surface area contributed by atoms with E-state index in [4.69, 9.17) is 9.47 Å². The van der Waals surface area contributed by atoms with E-state index in [1.165, 1.54) is 4.90 Å². The lowest BCUT2D eigenvalue weighted by atomic mass is 10.1. The highest BCUT2D eigenvalue weighted by Crippen LogP contribution is 2.35. The fourth-order valence-electron chi connectivity index (χ4n) is 3.00. The third-order valence-electron chi connectivity index (χ3n) is 4.07. The molecule has 2 atom stereocenters. The van der Waals surface area contributed by atoms with Gasteiger partial charge in [-0.15, -0.1) is 13.2 Å². The van der Waals surface area contributed by atoms with Crippen molar-refractivity contribution in [2.45, 2.75) is 83.8 Å². The van der Waals surface area contributed by atoms with E-state index in [9.17, 15) is 9.59 Å². The van der Waals surface area contributed by atoms with Gasteiger partial charge in [-0.1, -0.05) is 12.2 Å². The molecule has 1 fully saturated rings. The van der Waals surface area contributed by atoms with Crippen LogP contribution in [0.2, 0.25) is 0 Å². The highest BCUT2D eigenvalue weighted by Gasteiger charge is 2.53. The van der Waals surface area contributed by atoms with E-state index in [-0.39, 0.29) is 5.91 Å². The molecule has 0 aromatic carbocycles. The van der Waals surface area contributed by atoms with Gasteiger partial charge in [-0.25, -0.2) is 4.79 Å². The first-order chi connectivity index (χ1) is 12.0. The van der Waals surface area contributed by atoms with Crippen molar-refractivity contribution in [2.75, 3.05) is 6.54 Å². The summed E-state index contributed by atoms with van der Waals surface area (Å²) in [5, 5.41) is 2.91. The van der Waals surface area contributed by atoms with Crippen LogP contribution in [0.25, 0.3) is 0 Å². The molecular weight excluding hydrogens is 332 g/mol. The van der Waals surface area contributed by atoms with Crippen molar-refractivity contribution in [1.29, 1.82) is 0 Å². The average Bonchev–Trinajstić information content (AvgIpc) is 2.76.